The fourth-order valence-corrected chi connectivity index (χ4v) is 3.74. The van der Waals surface area contributed by atoms with Crippen molar-refractivity contribution in [3.8, 4) is 0 Å². The van der Waals surface area contributed by atoms with Crippen molar-refractivity contribution in [2.75, 3.05) is 0 Å². The van der Waals surface area contributed by atoms with Crippen molar-refractivity contribution in [3.05, 3.63) is 48.0 Å². The number of rotatable bonds is 9. The van der Waals surface area contributed by atoms with Gasteiger partial charge in [-0.3, -0.25) is 4.79 Å². The van der Waals surface area contributed by atoms with E-state index in [1.54, 1.807) is 6.92 Å². The molecule has 132 valence electrons. The lowest BCUT2D eigenvalue weighted by molar-refractivity contribution is 0.101. The summed E-state index contributed by atoms with van der Waals surface area (Å²) in [7, 11) is 0. The molecule has 0 atom stereocenters. The van der Waals surface area contributed by atoms with Crippen LogP contribution in [-0.4, -0.2) is 10.4 Å². The third-order valence-electron chi connectivity index (χ3n) is 5.16. The van der Waals surface area contributed by atoms with Gasteiger partial charge in [-0.05, 0) is 37.6 Å². The number of aryl methyl sites for hydroxylation is 1. The first-order chi connectivity index (χ1) is 12.2. The van der Waals surface area contributed by atoms with E-state index in [-0.39, 0.29) is 5.78 Å². The highest BCUT2D eigenvalue weighted by molar-refractivity contribution is 6.10. The third kappa shape index (κ3) is 3.95. The highest BCUT2D eigenvalue weighted by atomic mass is 16.1. The summed E-state index contributed by atoms with van der Waals surface area (Å²) in [6.07, 6.45) is 9.26. The van der Waals surface area contributed by atoms with Crippen LogP contribution in [0.2, 0.25) is 0 Å². The van der Waals surface area contributed by atoms with E-state index in [1.807, 2.05) is 6.07 Å². The van der Waals surface area contributed by atoms with Gasteiger partial charge < -0.3 is 4.57 Å². The number of fused-ring (bicyclic) bond motifs is 3. The molecule has 0 saturated carbocycles. The first-order valence-electron chi connectivity index (χ1n) is 9.74. The van der Waals surface area contributed by atoms with E-state index in [1.165, 1.54) is 66.8 Å². The number of ketones is 1. The number of hydrogen-bond acceptors (Lipinski definition) is 1. The Kier molecular flexibility index (Phi) is 5.91. The van der Waals surface area contributed by atoms with Gasteiger partial charge in [0.2, 0.25) is 0 Å². The molecule has 0 aliphatic heterocycles. The Hall–Kier alpha value is -2.09. The highest BCUT2D eigenvalue weighted by Crippen LogP contribution is 2.30. The van der Waals surface area contributed by atoms with Crippen LogP contribution >= 0.6 is 0 Å². The number of carbonyl (C=O) groups is 1. The minimum absolute atomic E-state index is 0.130. The zero-order valence-electron chi connectivity index (χ0n) is 15.6. The first-order valence-corrected chi connectivity index (χ1v) is 9.74. The van der Waals surface area contributed by atoms with Crippen molar-refractivity contribution in [1.82, 2.24) is 4.57 Å². The van der Waals surface area contributed by atoms with Gasteiger partial charge in [0.15, 0.2) is 5.78 Å². The van der Waals surface area contributed by atoms with Crippen LogP contribution in [0.5, 0.6) is 0 Å². The van der Waals surface area contributed by atoms with Crippen molar-refractivity contribution < 1.29 is 4.79 Å². The number of benzene rings is 2. The molecule has 0 saturated heterocycles. The van der Waals surface area contributed by atoms with E-state index >= 15 is 0 Å². The second-order valence-corrected chi connectivity index (χ2v) is 7.08. The van der Waals surface area contributed by atoms with Crippen LogP contribution in [0.25, 0.3) is 21.8 Å². The summed E-state index contributed by atoms with van der Waals surface area (Å²) >= 11 is 0. The number of Topliss-reactive ketones (excluding diaryl/α,β-unsaturated/α-hetero) is 1. The maximum atomic E-state index is 11.7. The summed E-state index contributed by atoms with van der Waals surface area (Å²) < 4.78 is 2.43. The van der Waals surface area contributed by atoms with E-state index in [9.17, 15) is 4.79 Å². The van der Waals surface area contributed by atoms with Crippen LogP contribution in [0.4, 0.5) is 0 Å². The van der Waals surface area contributed by atoms with Crippen LogP contribution in [0.1, 0.15) is 69.2 Å². The minimum atomic E-state index is 0.130. The summed E-state index contributed by atoms with van der Waals surface area (Å²) in [6.45, 7) is 4.95. The number of nitrogens with zero attached hydrogens (tertiary/aromatic N) is 1. The second kappa shape index (κ2) is 8.33. The Morgan fingerprint density at radius 3 is 2.28 bits per heavy atom. The molecule has 3 aromatic rings. The van der Waals surface area contributed by atoms with Crippen LogP contribution < -0.4 is 0 Å². The first kappa shape index (κ1) is 17.7. The summed E-state index contributed by atoms with van der Waals surface area (Å²) in [5.41, 5.74) is 3.33. The monoisotopic (exact) mass is 335 g/mol. The van der Waals surface area contributed by atoms with Gasteiger partial charge in [-0.1, -0.05) is 63.6 Å². The Bertz CT molecular complexity index is 859. The molecule has 0 radical (unpaired) electrons. The van der Waals surface area contributed by atoms with Crippen LogP contribution in [-0.2, 0) is 6.54 Å². The molecule has 1 aromatic heterocycles. The van der Waals surface area contributed by atoms with E-state index in [0.717, 1.165) is 12.1 Å². The lowest BCUT2D eigenvalue weighted by Gasteiger charge is -2.08. The number of hydrogen-bond donors (Lipinski definition) is 0. The topological polar surface area (TPSA) is 22.0 Å². The van der Waals surface area contributed by atoms with Gasteiger partial charge in [-0.2, -0.15) is 0 Å². The van der Waals surface area contributed by atoms with Gasteiger partial charge in [0.1, 0.15) is 0 Å². The normalized spacial score (nSPS) is 11.4. The number of carbonyl (C=O) groups excluding carboxylic acids is 1. The molecule has 0 bridgehead atoms. The SMILES string of the molecule is CCCCCCCCCn1c2ccccc2c2cc(C(C)=O)ccc21. The van der Waals surface area contributed by atoms with E-state index < -0.39 is 0 Å². The van der Waals surface area contributed by atoms with E-state index in [4.69, 9.17) is 0 Å². The van der Waals surface area contributed by atoms with Gasteiger partial charge in [-0.15, -0.1) is 0 Å². The Labute approximate surface area is 150 Å². The summed E-state index contributed by atoms with van der Waals surface area (Å²) in [6, 6.07) is 14.7. The summed E-state index contributed by atoms with van der Waals surface area (Å²) in [5, 5.41) is 2.45. The van der Waals surface area contributed by atoms with Crippen molar-refractivity contribution in [3.63, 3.8) is 0 Å². The average molecular weight is 335 g/mol. The van der Waals surface area contributed by atoms with Crippen LogP contribution in [0.15, 0.2) is 42.5 Å². The second-order valence-electron chi connectivity index (χ2n) is 7.08. The summed E-state index contributed by atoms with van der Waals surface area (Å²) in [4.78, 5) is 11.7. The average Bonchev–Trinajstić information content (AvgIpc) is 2.94. The highest BCUT2D eigenvalue weighted by Gasteiger charge is 2.11. The van der Waals surface area contributed by atoms with Gasteiger partial charge in [-0.25, -0.2) is 0 Å². The fraction of sp³-hybridized carbons (Fsp3) is 0.435. The molecular weight excluding hydrogens is 306 g/mol. The lowest BCUT2D eigenvalue weighted by atomic mass is 10.1. The molecule has 2 nitrogen and oxygen atoms in total. The zero-order valence-corrected chi connectivity index (χ0v) is 15.6. The molecule has 0 spiro atoms. The maximum absolute atomic E-state index is 11.7. The Balaban J connectivity index is 1.80. The fourth-order valence-electron chi connectivity index (χ4n) is 3.74. The molecule has 0 aliphatic carbocycles. The predicted octanol–water partition coefficient (Wildman–Crippen LogP) is 6.75. The van der Waals surface area contributed by atoms with Gasteiger partial charge in [0, 0.05) is 33.9 Å². The standard InChI is InChI=1S/C23H29NO/c1-3-4-5-6-7-8-11-16-24-22-13-10-9-12-20(22)21-17-19(18(2)25)14-15-23(21)24/h9-10,12-15,17H,3-8,11,16H2,1-2H3. The summed E-state index contributed by atoms with van der Waals surface area (Å²) in [5.74, 6) is 0.130. The predicted molar refractivity (Wildman–Crippen MR) is 107 cm³/mol. The maximum Gasteiger partial charge on any atom is 0.159 e. The van der Waals surface area contributed by atoms with Crippen LogP contribution in [0, 0.1) is 0 Å². The molecule has 0 unspecified atom stereocenters. The van der Waals surface area contributed by atoms with Crippen molar-refractivity contribution >= 4 is 27.6 Å². The Morgan fingerprint density at radius 1 is 0.840 bits per heavy atom. The molecule has 0 aliphatic rings. The minimum Gasteiger partial charge on any atom is -0.340 e. The Morgan fingerprint density at radius 2 is 1.52 bits per heavy atom. The molecule has 2 heteroatoms. The molecule has 0 N–H and O–H groups in total. The van der Waals surface area contributed by atoms with Crippen molar-refractivity contribution in [1.29, 1.82) is 0 Å². The molecule has 0 fully saturated rings. The van der Waals surface area contributed by atoms with Crippen molar-refractivity contribution in [2.45, 2.75) is 65.3 Å². The zero-order chi connectivity index (χ0) is 17.6. The molecular formula is C23H29NO. The molecule has 2 aromatic carbocycles. The van der Waals surface area contributed by atoms with Gasteiger partial charge >= 0.3 is 0 Å². The third-order valence-corrected chi connectivity index (χ3v) is 5.16. The van der Waals surface area contributed by atoms with Crippen LogP contribution in [0.3, 0.4) is 0 Å². The van der Waals surface area contributed by atoms with E-state index in [2.05, 4.69) is 47.9 Å². The number of unbranched alkanes of at least 4 members (excludes halogenated alkanes) is 6. The lowest BCUT2D eigenvalue weighted by Crippen LogP contribution is -1.98. The molecule has 3 rings (SSSR count). The molecule has 1 heterocycles. The van der Waals surface area contributed by atoms with Gasteiger partial charge in [0.05, 0.1) is 0 Å². The largest absolute Gasteiger partial charge is 0.340 e. The van der Waals surface area contributed by atoms with Gasteiger partial charge in [0.25, 0.3) is 0 Å². The number of aromatic nitrogens is 1. The molecule has 0 amide bonds. The quantitative estimate of drug-likeness (QED) is 0.313. The van der Waals surface area contributed by atoms with E-state index in [0.29, 0.717) is 0 Å². The number of para-hydroxylation sites is 1. The molecule has 25 heavy (non-hydrogen) atoms. The van der Waals surface area contributed by atoms with Crippen molar-refractivity contribution in [2.24, 2.45) is 0 Å². The smallest absolute Gasteiger partial charge is 0.159 e.